The van der Waals surface area contributed by atoms with Gasteiger partial charge >= 0.3 is 0 Å². The second-order valence-corrected chi connectivity index (χ2v) is 6.05. The van der Waals surface area contributed by atoms with Crippen molar-refractivity contribution in [1.29, 1.82) is 0 Å². The Morgan fingerprint density at radius 3 is 2.88 bits per heavy atom. The fourth-order valence-corrected chi connectivity index (χ4v) is 3.07. The highest BCUT2D eigenvalue weighted by Crippen LogP contribution is 2.30. The molecule has 0 aliphatic carbocycles. The Hall–Kier alpha value is -2.34. The maximum absolute atomic E-state index is 12.7. The van der Waals surface area contributed by atoms with Gasteiger partial charge in [0.2, 0.25) is 5.91 Å². The highest BCUT2D eigenvalue weighted by Gasteiger charge is 2.38. The molecule has 0 spiro atoms. The number of carbonyl (C=O) groups excluding carboxylic acids is 2. The number of halogens is 1. The van der Waals surface area contributed by atoms with E-state index in [1.807, 2.05) is 19.1 Å². The summed E-state index contributed by atoms with van der Waals surface area (Å²) in [6, 6.07) is 6.66. The molecule has 2 amide bonds. The number of oxazole rings is 1. The summed E-state index contributed by atoms with van der Waals surface area (Å²) < 4.78 is 5.21. The minimum absolute atomic E-state index is 0.141. The predicted octanol–water partition coefficient (Wildman–Crippen LogP) is 2.77. The van der Waals surface area contributed by atoms with Gasteiger partial charge in [0.15, 0.2) is 11.6 Å². The number of hydrogen-bond donors (Lipinski definition) is 0. The van der Waals surface area contributed by atoms with E-state index >= 15 is 0 Å². The van der Waals surface area contributed by atoms with E-state index in [0.29, 0.717) is 36.0 Å². The van der Waals surface area contributed by atoms with Crippen LogP contribution in [0.1, 0.15) is 29.7 Å². The number of hydrogen-bond acceptors (Lipinski definition) is 4. The molecule has 1 aliphatic rings. The molecular weight excluding hydrogens is 330 g/mol. The van der Waals surface area contributed by atoms with Gasteiger partial charge in [0.05, 0.1) is 10.7 Å². The summed E-state index contributed by atoms with van der Waals surface area (Å²) in [5.41, 5.74) is 0.889. The number of likely N-dealkylation sites (N-methyl/N-ethyl adjacent to an activating group) is 1. The van der Waals surface area contributed by atoms with Crippen molar-refractivity contribution in [2.75, 3.05) is 18.5 Å². The van der Waals surface area contributed by atoms with Crippen LogP contribution in [0.25, 0.3) is 0 Å². The van der Waals surface area contributed by atoms with E-state index in [1.165, 1.54) is 11.2 Å². The van der Waals surface area contributed by atoms with Gasteiger partial charge in [-0.1, -0.05) is 30.7 Å². The molecule has 7 heteroatoms. The van der Waals surface area contributed by atoms with Gasteiger partial charge in [-0.2, -0.15) is 0 Å². The maximum atomic E-state index is 12.7. The van der Waals surface area contributed by atoms with Crippen LogP contribution in [0.15, 0.2) is 34.9 Å². The first kappa shape index (κ1) is 16.5. The summed E-state index contributed by atoms with van der Waals surface area (Å²) in [6.07, 6.45) is 2.49. The summed E-state index contributed by atoms with van der Waals surface area (Å²) in [6.45, 7) is 2.41. The SMILES string of the molecule is CCc1nc(C(=O)N(C)[C@@H]2CCN(c3ccccc3Cl)C2=O)co1. The molecule has 126 valence electrons. The van der Waals surface area contributed by atoms with Crippen molar-refractivity contribution >= 4 is 29.1 Å². The van der Waals surface area contributed by atoms with E-state index < -0.39 is 6.04 Å². The van der Waals surface area contributed by atoms with Crippen molar-refractivity contribution in [3.05, 3.63) is 47.1 Å². The zero-order valence-electron chi connectivity index (χ0n) is 13.5. The van der Waals surface area contributed by atoms with Crippen LogP contribution in [0.2, 0.25) is 5.02 Å². The van der Waals surface area contributed by atoms with Crippen LogP contribution in [0.5, 0.6) is 0 Å². The molecule has 3 rings (SSSR count). The average molecular weight is 348 g/mol. The second kappa shape index (κ2) is 6.65. The highest BCUT2D eigenvalue weighted by molar-refractivity contribution is 6.34. The molecule has 0 radical (unpaired) electrons. The molecule has 2 heterocycles. The van der Waals surface area contributed by atoms with Gasteiger partial charge in [-0.15, -0.1) is 0 Å². The number of nitrogens with zero attached hydrogens (tertiary/aromatic N) is 3. The molecule has 0 saturated carbocycles. The largest absolute Gasteiger partial charge is 0.448 e. The van der Waals surface area contributed by atoms with Crippen molar-refractivity contribution in [3.63, 3.8) is 0 Å². The molecule has 6 nitrogen and oxygen atoms in total. The Labute approximate surface area is 145 Å². The summed E-state index contributed by atoms with van der Waals surface area (Å²) in [5, 5.41) is 0.518. The van der Waals surface area contributed by atoms with Crippen LogP contribution >= 0.6 is 11.6 Å². The van der Waals surface area contributed by atoms with E-state index in [0.717, 1.165) is 0 Å². The molecule has 2 aromatic rings. The number of anilines is 1. The van der Waals surface area contributed by atoms with E-state index in [4.69, 9.17) is 16.0 Å². The zero-order valence-corrected chi connectivity index (χ0v) is 14.3. The first-order valence-electron chi connectivity index (χ1n) is 7.80. The lowest BCUT2D eigenvalue weighted by Gasteiger charge is -2.23. The minimum Gasteiger partial charge on any atom is -0.448 e. The number of benzene rings is 1. The standard InChI is InChI=1S/C17H18ClN3O3/c1-3-15-19-12(10-24-15)16(22)20(2)14-8-9-21(17(14)23)13-7-5-4-6-11(13)18/h4-7,10,14H,3,8-9H2,1-2H3/t14-/m1/s1. The zero-order chi connectivity index (χ0) is 17.3. The molecule has 1 aromatic carbocycles. The van der Waals surface area contributed by atoms with Crippen LogP contribution in [0, 0.1) is 0 Å². The van der Waals surface area contributed by atoms with Gasteiger partial charge in [0, 0.05) is 20.0 Å². The quantitative estimate of drug-likeness (QED) is 0.853. The van der Waals surface area contributed by atoms with Crippen LogP contribution in [0.3, 0.4) is 0 Å². The predicted molar refractivity (Wildman–Crippen MR) is 90.2 cm³/mol. The van der Waals surface area contributed by atoms with Crippen LogP contribution < -0.4 is 4.90 Å². The number of rotatable bonds is 4. The summed E-state index contributed by atoms with van der Waals surface area (Å²) in [4.78, 5) is 32.4. The molecule has 0 unspecified atom stereocenters. The number of para-hydroxylation sites is 1. The average Bonchev–Trinajstić information content (AvgIpc) is 3.21. The number of carbonyl (C=O) groups is 2. The van der Waals surface area contributed by atoms with Gasteiger partial charge in [0.25, 0.3) is 5.91 Å². The van der Waals surface area contributed by atoms with Crippen molar-refractivity contribution in [1.82, 2.24) is 9.88 Å². The molecule has 0 N–H and O–H groups in total. The third kappa shape index (κ3) is 2.89. The molecule has 1 aliphatic heterocycles. The Morgan fingerprint density at radius 2 is 2.21 bits per heavy atom. The van der Waals surface area contributed by atoms with E-state index in [2.05, 4.69) is 4.98 Å². The van der Waals surface area contributed by atoms with E-state index in [9.17, 15) is 9.59 Å². The van der Waals surface area contributed by atoms with Crippen molar-refractivity contribution in [3.8, 4) is 0 Å². The van der Waals surface area contributed by atoms with E-state index in [-0.39, 0.29) is 17.5 Å². The Bertz CT molecular complexity index is 774. The van der Waals surface area contributed by atoms with Crippen LogP contribution in [-0.4, -0.2) is 41.3 Å². The first-order valence-corrected chi connectivity index (χ1v) is 8.18. The Balaban J connectivity index is 1.77. The van der Waals surface area contributed by atoms with Crippen molar-refractivity contribution < 1.29 is 14.0 Å². The van der Waals surface area contributed by atoms with Crippen LogP contribution in [-0.2, 0) is 11.2 Å². The molecule has 1 atom stereocenters. The molecule has 1 fully saturated rings. The first-order chi connectivity index (χ1) is 11.5. The summed E-state index contributed by atoms with van der Waals surface area (Å²) in [5.74, 6) is 0.0400. The van der Waals surface area contributed by atoms with Crippen molar-refractivity contribution in [2.45, 2.75) is 25.8 Å². The summed E-state index contributed by atoms with van der Waals surface area (Å²) in [7, 11) is 1.61. The van der Waals surface area contributed by atoms with Gasteiger partial charge in [0.1, 0.15) is 12.3 Å². The lowest BCUT2D eigenvalue weighted by Crippen LogP contribution is -2.43. The monoisotopic (exact) mass is 347 g/mol. The third-order valence-corrected chi connectivity index (χ3v) is 4.50. The Morgan fingerprint density at radius 1 is 1.46 bits per heavy atom. The maximum Gasteiger partial charge on any atom is 0.276 e. The number of amides is 2. The van der Waals surface area contributed by atoms with Gasteiger partial charge in [-0.25, -0.2) is 4.98 Å². The normalized spacial score (nSPS) is 17.4. The Kier molecular flexibility index (Phi) is 4.57. The van der Waals surface area contributed by atoms with Crippen LogP contribution in [0.4, 0.5) is 5.69 Å². The summed E-state index contributed by atoms with van der Waals surface area (Å²) >= 11 is 6.18. The molecule has 24 heavy (non-hydrogen) atoms. The number of aryl methyl sites for hydroxylation is 1. The fraction of sp³-hybridized carbons (Fsp3) is 0.353. The third-order valence-electron chi connectivity index (χ3n) is 4.18. The van der Waals surface area contributed by atoms with Crippen molar-refractivity contribution in [2.24, 2.45) is 0 Å². The lowest BCUT2D eigenvalue weighted by atomic mass is 10.2. The van der Waals surface area contributed by atoms with E-state index in [1.54, 1.807) is 24.1 Å². The van der Waals surface area contributed by atoms with Gasteiger partial charge in [-0.05, 0) is 18.6 Å². The molecular formula is C17H18ClN3O3. The lowest BCUT2D eigenvalue weighted by molar-refractivity contribution is -0.120. The minimum atomic E-state index is -0.532. The molecule has 0 bridgehead atoms. The second-order valence-electron chi connectivity index (χ2n) is 5.64. The highest BCUT2D eigenvalue weighted by atomic mass is 35.5. The molecule has 1 saturated heterocycles. The number of aromatic nitrogens is 1. The van der Waals surface area contributed by atoms with Gasteiger partial charge < -0.3 is 14.2 Å². The smallest absolute Gasteiger partial charge is 0.276 e. The van der Waals surface area contributed by atoms with Gasteiger partial charge in [-0.3, -0.25) is 9.59 Å². The fourth-order valence-electron chi connectivity index (χ4n) is 2.83. The molecule has 1 aromatic heterocycles. The topological polar surface area (TPSA) is 66.7 Å².